The predicted octanol–water partition coefficient (Wildman–Crippen LogP) is -1.17. The summed E-state index contributed by atoms with van der Waals surface area (Å²) in [5, 5.41) is 13.0. The summed E-state index contributed by atoms with van der Waals surface area (Å²) in [5.41, 5.74) is -0.455. The Bertz CT molecular complexity index is 585. The van der Waals surface area contributed by atoms with Crippen molar-refractivity contribution < 1.29 is 33.4 Å². The van der Waals surface area contributed by atoms with Crippen LogP contribution in [0.2, 0.25) is 0 Å². The van der Waals surface area contributed by atoms with Gasteiger partial charge < -0.3 is 14.6 Å². The molecule has 0 bridgehead atoms. The van der Waals surface area contributed by atoms with E-state index in [1.807, 2.05) is 30.3 Å². The van der Waals surface area contributed by atoms with Crippen molar-refractivity contribution in [1.29, 1.82) is 0 Å². The van der Waals surface area contributed by atoms with E-state index < -0.39 is 5.60 Å². The number of hydrogen-bond acceptors (Lipinski definition) is 3. The van der Waals surface area contributed by atoms with Crippen molar-refractivity contribution in [2.75, 3.05) is 13.7 Å². The second kappa shape index (κ2) is 6.63. The molecule has 0 amide bonds. The Kier molecular flexibility index (Phi) is 5.07. The summed E-state index contributed by atoms with van der Waals surface area (Å²) in [6.45, 7) is 0.668. The third-order valence-electron chi connectivity index (χ3n) is 3.91. The van der Waals surface area contributed by atoms with Crippen LogP contribution in [0, 0.1) is 17.8 Å². The molecule has 0 aromatic heterocycles. The van der Waals surface area contributed by atoms with Gasteiger partial charge in [-0.15, -0.1) is 5.92 Å². The van der Waals surface area contributed by atoms with Crippen LogP contribution < -0.4 is 24.0 Å². The molecule has 0 radical (unpaired) electrons. The molecule has 3 nitrogen and oxygen atoms in total. The molecule has 1 aromatic carbocycles. The van der Waals surface area contributed by atoms with Gasteiger partial charge in [0, 0.05) is 17.9 Å². The maximum Gasteiger partial charge on any atom is 1.00 e. The second-order valence-electron chi connectivity index (χ2n) is 5.22. The van der Waals surface area contributed by atoms with E-state index in [-0.39, 0.29) is 24.8 Å². The minimum absolute atomic E-state index is 0. The summed E-state index contributed by atoms with van der Waals surface area (Å²) in [6.07, 6.45) is 2.03. The molecule has 2 atom stereocenters. The van der Waals surface area contributed by atoms with E-state index >= 15 is 0 Å². The van der Waals surface area contributed by atoms with Crippen molar-refractivity contribution in [3.63, 3.8) is 0 Å². The Balaban J connectivity index is 0.00000161. The Morgan fingerprint density at radius 1 is 1.33 bits per heavy atom. The summed E-state index contributed by atoms with van der Waals surface area (Å²) in [7, 11) is 1.59. The van der Waals surface area contributed by atoms with Gasteiger partial charge in [0.2, 0.25) is 0 Å². The summed E-state index contributed by atoms with van der Waals surface area (Å²) in [5.74, 6) is 7.16. The van der Waals surface area contributed by atoms with E-state index in [2.05, 4.69) is 11.8 Å². The molecule has 0 N–H and O–H groups in total. The smallest absolute Gasteiger partial charge is 0.839 e. The maximum absolute atomic E-state index is 13.0. The summed E-state index contributed by atoms with van der Waals surface area (Å²) in [4.78, 5) is 0. The fraction of sp³-hybridized carbons (Fsp3) is 0.412. The van der Waals surface area contributed by atoms with E-state index in [9.17, 15) is 5.11 Å². The van der Waals surface area contributed by atoms with Gasteiger partial charge in [0.1, 0.15) is 11.5 Å². The number of benzene rings is 1. The van der Waals surface area contributed by atoms with E-state index in [1.54, 1.807) is 7.11 Å². The van der Waals surface area contributed by atoms with Gasteiger partial charge in [-0.05, 0) is 30.6 Å². The first-order valence-corrected chi connectivity index (χ1v) is 6.91. The molecule has 21 heavy (non-hydrogen) atoms. The minimum Gasteiger partial charge on any atom is -0.839 e. The standard InChI is InChI=1S/C17H17O3.Li/c1-19-15-12-17(18,14-8-5-11-20-16(14)15)10-9-13-6-3-2-4-7-13;/h2-4,6-7,14H,5,8,11-12H2,1H3;/q-1;+1/t14-,17-;/m1./s1. The van der Waals surface area contributed by atoms with Crippen LogP contribution in [-0.2, 0) is 9.47 Å². The largest absolute Gasteiger partial charge is 1.00 e. The van der Waals surface area contributed by atoms with Crippen molar-refractivity contribution in [1.82, 2.24) is 0 Å². The molecule has 1 saturated heterocycles. The van der Waals surface area contributed by atoms with Crippen LogP contribution in [0.3, 0.4) is 0 Å². The number of rotatable bonds is 1. The van der Waals surface area contributed by atoms with Crippen molar-refractivity contribution in [2.24, 2.45) is 5.92 Å². The first kappa shape index (κ1) is 16.1. The average Bonchev–Trinajstić information content (AvgIpc) is 2.80. The first-order valence-electron chi connectivity index (χ1n) is 6.91. The summed E-state index contributed by atoms with van der Waals surface area (Å²) in [6, 6.07) is 9.60. The Hall–Kier alpha value is -1.32. The predicted molar refractivity (Wildman–Crippen MR) is 73.4 cm³/mol. The van der Waals surface area contributed by atoms with Gasteiger partial charge in [-0.25, -0.2) is 0 Å². The van der Waals surface area contributed by atoms with Crippen molar-refractivity contribution in [3.8, 4) is 11.8 Å². The Labute approximate surface area is 137 Å². The van der Waals surface area contributed by atoms with Gasteiger partial charge in [0.25, 0.3) is 0 Å². The average molecular weight is 276 g/mol. The number of fused-ring (bicyclic) bond motifs is 1. The zero-order valence-electron chi connectivity index (χ0n) is 12.5. The Morgan fingerprint density at radius 2 is 2.10 bits per heavy atom. The number of ether oxygens (including phenoxy) is 2. The maximum atomic E-state index is 13.0. The topological polar surface area (TPSA) is 41.5 Å². The molecule has 0 unspecified atom stereocenters. The van der Waals surface area contributed by atoms with Crippen LogP contribution in [0.4, 0.5) is 0 Å². The van der Waals surface area contributed by atoms with Gasteiger partial charge in [-0.1, -0.05) is 24.1 Å². The molecular formula is C17H17LiO3. The monoisotopic (exact) mass is 276 g/mol. The van der Waals surface area contributed by atoms with Gasteiger partial charge in [-0.3, -0.25) is 0 Å². The molecule has 1 fully saturated rings. The van der Waals surface area contributed by atoms with Crippen LogP contribution in [-0.4, -0.2) is 19.3 Å². The van der Waals surface area contributed by atoms with E-state index in [1.165, 1.54) is 0 Å². The van der Waals surface area contributed by atoms with Crippen molar-refractivity contribution in [2.45, 2.75) is 24.9 Å². The Morgan fingerprint density at radius 3 is 2.81 bits per heavy atom. The zero-order valence-corrected chi connectivity index (χ0v) is 12.5. The first-order chi connectivity index (χ1) is 9.73. The van der Waals surface area contributed by atoms with Crippen LogP contribution in [0.25, 0.3) is 0 Å². The summed E-state index contributed by atoms with van der Waals surface area (Å²) < 4.78 is 11.0. The third kappa shape index (κ3) is 3.14. The molecule has 104 valence electrons. The SMILES string of the molecule is COC1=C2OCCC[C@H]2[C@@]([O-])(C#Cc2ccccc2)C1.[Li+]. The van der Waals surface area contributed by atoms with Crippen LogP contribution in [0.1, 0.15) is 24.8 Å². The molecule has 1 heterocycles. The van der Waals surface area contributed by atoms with Gasteiger partial charge in [0.15, 0.2) is 0 Å². The number of hydrogen-bond donors (Lipinski definition) is 0. The number of methoxy groups -OCH3 is 1. The van der Waals surface area contributed by atoms with Gasteiger partial charge >= 0.3 is 18.9 Å². The fourth-order valence-corrected chi connectivity index (χ4v) is 2.87. The summed E-state index contributed by atoms with van der Waals surface area (Å²) >= 11 is 0. The van der Waals surface area contributed by atoms with Crippen molar-refractivity contribution in [3.05, 3.63) is 47.4 Å². The molecular weight excluding hydrogens is 259 g/mol. The van der Waals surface area contributed by atoms with E-state index in [0.29, 0.717) is 18.8 Å². The molecule has 1 aromatic rings. The van der Waals surface area contributed by atoms with Crippen LogP contribution in [0.5, 0.6) is 0 Å². The van der Waals surface area contributed by atoms with Crippen LogP contribution >= 0.6 is 0 Å². The minimum atomic E-state index is -1.32. The molecule has 1 aliphatic heterocycles. The van der Waals surface area contributed by atoms with Crippen molar-refractivity contribution >= 4 is 0 Å². The van der Waals surface area contributed by atoms with E-state index in [0.717, 1.165) is 24.2 Å². The molecule has 2 aliphatic rings. The van der Waals surface area contributed by atoms with Gasteiger partial charge in [-0.2, -0.15) is 0 Å². The molecule has 4 heteroatoms. The fourth-order valence-electron chi connectivity index (χ4n) is 2.87. The zero-order chi connectivity index (χ0) is 14.0. The molecule has 3 rings (SSSR count). The molecule has 0 spiro atoms. The normalized spacial score (nSPS) is 26.9. The molecule has 0 saturated carbocycles. The van der Waals surface area contributed by atoms with Crippen LogP contribution in [0.15, 0.2) is 41.9 Å². The van der Waals surface area contributed by atoms with E-state index in [4.69, 9.17) is 9.47 Å². The third-order valence-corrected chi connectivity index (χ3v) is 3.91. The molecule has 1 aliphatic carbocycles. The van der Waals surface area contributed by atoms with Gasteiger partial charge in [0.05, 0.1) is 13.7 Å². The quantitative estimate of drug-likeness (QED) is 0.479. The second-order valence-corrected chi connectivity index (χ2v) is 5.22.